The number of aromatic amines is 1. The lowest BCUT2D eigenvalue weighted by Gasteiger charge is -2.07. The van der Waals surface area contributed by atoms with Crippen LogP contribution in [0.1, 0.15) is 19.4 Å². The number of allylic oxidation sites excluding steroid dienone is 3. The Labute approximate surface area is 103 Å². The molecule has 0 saturated carbocycles. The Morgan fingerprint density at radius 3 is 2.78 bits per heavy atom. The molecule has 0 unspecified atom stereocenters. The lowest BCUT2D eigenvalue weighted by Crippen LogP contribution is -2.30. The zero-order valence-electron chi connectivity index (χ0n) is 10.1. The highest BCUT2D eigenvalue weighted by atomic mass is 16.2. The largest absolute Gasteiger partial charge is 0.332 e. The quantitative estimate of drug-likeness (QED) is 0.631. The van der Waals surface area contributed by atoms with Gasteiger partial charge in [-0.2, -0.15) is 5.26 Å². The number of hydrogen-bond acceptors (Lipinski definition) is 4. The van der Waals surface area contributed by atoms with Gasteiger partial charge in [0.1, 0.15) is 11.6 Å². The summed E-state index contributed by atoms with van der Waals surface area (Å²) < 4.78 is 1.21. The van der Waals surface area contributed by atoms with E-state index in [1.54, 1.807) is 26.0 Å². The van der Waals surface area contributed by atoms with Crippen LogP contribution >= 0.6 is 0 Å². The lowest BCUT2D eigenvalue weighted by atomic mass is 10.2. The molecule has 1 rings (SSSR count). The van der Waals surface area contributed by atoms with Gasteiger partial charge >= 0.3 is 5.69 Å². The normalized spacial score (nSPS) is 12.1. The van der Waals surface area contributed by atoms with E-state index in [-0.39, 0.29) is 5.56 Å². The summed E-state index contributed by atoms with van der Waals surface area (Å²) in [7, 11) is 0. The summed E-state index contributed by atoms with van der Waals surface area (Å²) in [6.07, 6.45) is 4.38. The van der Waals surface area contributed by atoms with E-state index in [0.29, 0.717) is 5.70 Å². The number of nitriles is 1. The second-order valence-corrected chi connectivity index (χ2v) is 3.55. The van der Waals surface area contributed by atoms with Crippen molar-refractivity contribution in [2.24, 2.45) is 4.99 Å². The SMILES string of the molecule is C=N/C=C\C(C)=C(/C)n1cc(C#N)c(=O)[nH]c1=O. The van der Waals surface area contributed by atoms with Crippen molar-refractivity contribution < 1.29 is 0 Å². The summed E-state index contributed by atoms with van der Waals surface area (Å²) in [5, 5.41) is 8.76. The zero-order valence-corrected chi connectivity index (χ0v) is 10.1. The van der Waals surface area contributed by atoms with Gasteiger partial charge in [-0.05, 0) is 32.2 Å². The van der Waals surface area contributed by atoms with Crippen molar-refractivity contribution in [1.29, 1.82) is 5.26 Å². The van der Waals surface area contributed by atoms with Crippen LogP contribution in [0.25, 0.3) is 5.70 Å². The molecule has 1 aromatic rings. The lowest BCUT2D eigenvalue weighted by molar-refractivity contribution is 0.895. The first kappa shape index (κ1) is 13.4. The summed E-state index contributed by atoms with van der Waals surface area (Å²) in [5.74, 6) is 0. The van der Waals surface area contributed by atoms with Gasteiger partial charge < -0.3 is 0 Å². The Bertz CT molecular complexity index is 683. The molecule has 1 aromatic heterocycles. The highest BCUT2D eigenvalue weighted by Gasteiger charge is 2.06. The first-order chi connectivity index (χ1) is 8.51. The molecule has 0 aliphatic rings. The van der Waals surface area contributed by atoms with Crippen LogP contribution in [0.2, 0.25) is 0 Å². The van der Waals surface area contributed by atoms with Crippen LogP contribution in [-0.2, 0) is 0 Å². The second kappa shape index (κ2) is 5.59. The number of aromatic nitrogens is 2. The number of rotatable bonds is 3. The summed E-state index contributed by atoms with van der Waals surface area (Å²) in [6, 6.07) is 1.73. The van der Waals surface area contributed by atoms with Crippen LogP contribution in [0.15, 0.2) is 38.6 Å². The van der Waals surface area contributed by atoms with Crippen molar-refractivity contribution in [1.82, 2.24) is 9.55 Å². The predicted octanol–water partition coefficient (Wildman–Crippen LogP) is 0.873. The minimum atomic E-state index is -0.687. The van der Waals surface area contributed by atoms with E-state index in [9.17, 15) is 9.59 Å². The monoisotopic (exact) mass is 244 g/mol. The van der Waals surface area contributed by atoms with Crippen LogP contribution in [0.3, 0.4) is 0 Å². The fraction of sp³-hybridized carbons (Fsp3) is 0.167. The zero-order chi connectivity index (χ0) is 13.7. The standard InChI is InChI=1S/C12H12N4O2/c1-8(4-5-14-3)9(2)16-7-10(6-13)11(17)15-12(16)18/h4-5,7H,3H2,1-2H3,(H,15,17,18)/b5-4-,9-8+. The first-order valence-corrected chi connectivity index (χ1v) is 5.07. The highest BCUT2D eigenvalue weighted by molar-refractivity contribution is 5.52. The molecule has 6 nitrogen and oxygen atoms in total. The van der Waals surface area contributed by atoms with Gasteiger partial charge in [0, 0.05) is 18.1 Å². The van der Waals surface area contributed by atoms with Gasteiger partial charge in [-0.1, -0.05) is 0 Å². The molecule has 18 heavy (non-hydrogen) atoms. The van der Waals surface area contributed by atoms with E-state index in [0.717, 1.165) is 5.57 Å². The molecular weight excluding hydrogens is 232 g/mol. The molecule has 1 N–H and O–H groups in total. The molecule has 0 aromatic carbocycles. The van der Waals surface area contributed by atoms with E-state index in [2.05, 4.69) is 16.7 Å². The fourth-order valence-electron chi connectivity index (χ4n) is 1.27. The first-order valence-electron chi connectivity index (χ1n) is 5.07. The molecule has 0 aliphatic heterocycles. The Hall–Kier alpha value is -2.68. The Morgan fingerprint density at radius 1 is 1.56 bits per heavy atom. The predicted molar refractivity (Wildman–Crippen MR) is 69.3 cm³/mol. The van der Waals surface area contributed by atoms with Crippen molar-refractivity contribution >= 4 is 12.4 Å². The third-order valence-electron chi connectivity index (χ3n) is 2.42. The van der Waals surface area contributed by atoms with Gasteiger partial charge in [0.15, 0.2) is 0 Å². The molecule has 0 atom stereocenters. The maximum Gasteiger partial charge on any atom is 0.332 e. The number of hydrogen-bond donors (Lipinski definition) is 1. The van der Waals surface area contributed by atoms with Crippen molar-refractivity contribution in [3.63, 3.8) is 0 Å². The molecule has 92 valence electrons. The minimum absolute atomic E-state index is 0.118. The summed E-state index contributed by atoms with van der Waals surface area (Å²) in [5.41, 5.74) is -0.0380. The number of H-pyrrole nitrogens is 1. The molecular formula is C12H12N4O2. The third-order valence-corrected chi connectivity index (χ3v) is 2.42. The van der Waals surface area contributed by atoms with Crippen molar-refractivity contribution in [3.8, 4) is 6.07 Å². The van der Waals surface area contributed by atoms with Gasteiger partial charge in [-0.25, -0.2) is 4.79 Å². The van der Waals surface area contributed by atoms with Crippen molar-refractivity contribution in [2.45, 2.75) is 13.8 Å². The van der Waals surface area contributed by atoms with Crippen LogP contribution in [0.4, 0.5) is 0 Å². The van der Waals surface area contributed by atoms with E-state index in [1.165, 1.54) is 17.0 Å². The van der Waals surface area contributed by atoms with Gasteiger partial charge in [-0.15, -0.1) is 0 Å². The molecule has 1 heterocycles. The highest BCUT2D eigenvalue weighted by Crippen LogP contribution is 2.08. The average molecular weight is 244 g/mol. The molecule has 6 heteroatoms. The molecule has 0 amide bonds. The van der Waals surface area contributed by atoms with E-state index in [4.69, 9.17) is 5.26 Å². The Morgan fingerprint density at radius 2 is 2.22 bits per heavy atom. The van der Waals surface area contributed by atoms with Crippen LogP contribution in [0, 0.1) is 11.3 Å². The van der Waals surface area contributed by atoms with Crippen LogP contribution < -0.4 is 11.2 Å². The third kappa shape index (κ3) is 2.71. The van der Waals surface area contributed by atoms with Crippen LogP contribution in [0.5, 0.6) is 0 Å². The van der Waals surface area contributed by atoms with Crippen LogP contribution in [-0.4, -0.2) is 16.3 Å². The molecule has 0 fully saturated rings. The summed E-state index contributed by atoms with van der Waals surface area (Å²) in [6.45, 7) is 6.78. The summed E-state index contributed by atoms with van der Waals surface area (Å²) >= 11 is 0. The second-order valence-electron chi connectivity index (χ2n) is 3.55. The van der Waals surface area contributed by atoms with Crippen molar-refractivity contribution in [3.05, 3.63) is 50.4 Å². The maximum absolute atomic E-state index is 11.6. The minimum Gasteiger partial charge on any atom is -0.273 e. The Balaban J connectivity index is 3.48. The maximum atomic E-state index is 11.6. The van der Waals surface area contributed by atoms with E-state index in [1.807, 2.05) is 0 Å². The number of nitrogens with zero attached hydrogens (tertiary/aromatic N) is 3. The molecule has 0 spiro atoms. The topological polar surface area (TPSA) is 91.0 Å². The van der Waals surface area contributed by atoms with Gasteiger partial charge in [0.05, 0.1) is 0 Å². The van der Waals surface area contributed by atoms with Gasteiger partial charge in [-0.3, -0.25) is 19.3 Å². The molecule has 0 saturated heterocycles. The van der Waals surface area contributed by atoms with Gasteiger partial charge in [0.25, 0.3) is 5.56 Å². The summed E-state index contributed by atoms with van der Waals surface area (Å²) in [4.78, 5) is 28.5. The molecule has 0 bridgehead atoms. The fourth-order valence-corrected chi connectivity index (χ4v) is 1.27. The number of aliphatic imine (C=N–C) groups is 1. The van der Waals surface area contributed by atoms with E-state index >= 15 is 0 Å². The average Bonchev–Trinajstić information content (AvgIpc) is 2.35. The van der Waals surface area contributed by atoms with Gasteiger partial charge in [0.2, 0.25) is 0 Å². The molecule has 0 aliphatic carbocycles. The van der Waals surface area contributed by atoms with Crippen molar-refractivity contribution in [2.75, 3.05) is 0 Å². The number of nitrogens with one attached hydrogen (secondary N) is 1. The van der Waals surface area contributed by atoms with E-state index < -0.39 is 11.2 Å². The smallest absolute Gasteiger partial charge is 0.273 e. The Kier molecular flexibility index (Phi) is 4.16. The molecule has 0 radical (unpaired) electrons.